The molecule has 0 aromatic carbocycles. The van der Waals surface area contributed by atoms with E-state index < -0.39 is 10.5 Å². The summed E-state index contributed by atoms with van der Waals surface area (Å²) in [5.41, 5.74) is -1.24. The monoisotopic (exact) mass is 288 g/mol. The molecule has 0 aliphatic carbocycles. The van der Waals surface area contributed by atoms with E-state index in [1.165, 1.54) is 12.3 Å². The van der Waals surface area contributed by atoms with Crippen molar-refractivity contribution in [3.05, 3.63) is 27.4 Å². The Morgan fingerprint density at radius 3 is 2.79 bits per heavy atom. The number of nitrogens with one attached hydrogen (secondary N) is 1. The van der Waals surface area contributed by atoms with E-state index in [9.17, 15) is 15.2 Å². The van der Waals surface area contributed by atoms with Crippen molar-refractivity contribution in [2.45, 2.75) is 12.5 Å². The van der Waals surface area contributed by atoms with E-state index in [2.05, 4.69) is 10.3 Å². The highest BCUT2D eigenvalue weighted by Crippen LogP contribution is 2.25. The van der Waals surface area contributed by atoms with Crippen LogP contribution in [0.1, 0.15) is 6.92 Å². The summed E-state index contributed by atoms with van der Waals surface area (Å²) in [5, 5.41) is 23.9. The van der Waals surface area contributed by atoms with Gasteiger partial charge < -0.3 is 15.3 Å². The van der Waals surface area contributed by atoms with Crippen molar-refractivity contribution in [3.63, 3.8) is 0 Å². The number of aromatic nitrogens is 1. The first kappa shape index (κ1) is 15.6. The molecular formula is C11H17ClN4O3. The molecule has 0 radical (unpaired) electrons. The fourth-order valence-corrected chi connectivity index (χ4v) is 1.87. The number of nitro groups is 1. The first-order valence-electron chi connectivity index (χ1n) is 5.62. The molecule has 1 aromatic heterocycles. The highest BCUT2D eigenvalue weighted by molar-refractivity contribution is 6.30. The summed E-state index contributed by atoms with van der Waals surface area (Å²) in [5.74, 6) is 0.0911. The molecule has 2 N–H and O–H groups in total. The standard InChI is InChI=1S/C11H17ClN4O3/c1-11(17,7-15(2)3)6-14-10-9(16(18)19)4-8(12)5-13-10/h4-5,17H,6-7H2,1-3H3,(H,13,14). The summed E-state index contributed by atoms with van der Waals surface area (Å²) in [4.78, 5) is 16.0. The maximum absolute atomic E-state index is 10.9. The highest BCUT2D eigenvalue weighted by Gasteiger charge is 2.23. The molecule has 0 aliphatic rings. The van der Waals surface area contributed by atoms with E-state index in [1.807, 2.05) is 19.0 Å². The third-order valence-electron chi connectivity index (χ3n) is 2.32. The van der Waals surface area contributed by atoms with Gasteiger partial charge in [0, 0.05) is 25.4 Å². The van der Waals surface area contributed by atoms with E-state index in [0.717, 1.165) is 0 Å². The molecule has 0 bridgehead atoms. The second-order valence-electron chi connectivity index (χ2n) is 4.87. The van der Waals surface area contributed by atoms with Gasteiger partial charge in [-0.2, -0.15) is 0 Å². The van der Waals surface area contributed by atoms with Crippen LogP contribution in [0.3, 0.4) is 0 Å². The zero-order chi connectivity index (χ0) is 14.6. The van der Waals surface area contributed by atoms with Gasteiger partial charge in [-0.15, -0.1) is 0 Å². The number of aliphatic hydroxyl groups is 1. The van der Waals surface area contributed by atoms with Crippen molar-refractivity contribution in [1.82, 2.24) is 9.88 Å². The number of nitrogens with zero attached hydrogens (tertiary/aromatic N) is 3. The Kier molecular flexibility index (Phi) is 5.04. The Hall–Kier alpha value is -1.44. The number of hydrogen-bond donors (Lipinski definition) is 2. The Morgan fingerprint density at radius 2 is 2.26 bits per heavy atom. The minimum absolute atomic E-state index is 0.0911. The Balaban J connectivity index is 2.80. The van der Waals surface area contributed by atoms with Crippen LogP contribution < -0.4 is 5.32 Å². The highest BCUT2D eigenvalue weighted by atomic mass is 35.5. The van der Waals surface area contributed by atoms with Gasteiger partial charge in [-0.05, 0) is 21.0 Å². The fraction of sp³-hybridized carbons (Fsp3) is 0.545. The lowest BCUT2D eigenvalue weighted by Gasteiger charge is -2.27. The molecule has 1 unspecified atom stereocenters. The predicted molar refractivity (Wildman–Crippen MR) is 73.6 cm³/mol. The van der Waals surface area contributed by atoms with Crippen LogP contribution in [-0.2, 0) is 0 Å². The molecule has 1 atom stereocenters. The molecule has 0 saturated heterocycles. The van der Waals surface area contributed by atoms with Crippen LogP contribution in [-0.4, -0.2) is 52.7 Å². The number of anilines is 1. The Labute approximate surface area is 116 Å². The van der Waals surface area contributed by atoms with Gasteiger partial charge in [0.15, 0.2) is 0 Å². The molecular weight excluding hydrogens is 272 g/mol. The largest absolute Gasteiger partial charge is 0.387 e. The predicted octanol–water partition coefficient (Wildman–Crippen LogP) is 1.37. The van der Waals surface area contributed by atoms with Gasteiger partial charge in [-0.3, -0.25) is 10.1 Å². The Morgan fingerprint density at radius 1 is 1.63 bits per heavy atom. The molecule has 0 spiro atoms. The molecule has 1 heterocycles. The molecule has 0 saturated carbocycles. The second-order valence-corrected chi connectivity index (χ2v) is 5.30. The van der Waals surface area contributed by atoms with Gasteiger partial charge in [0.05, 0.1) is 15.5 Å². The summed E-state index contributed by atoms with van der Waals surface area (Å²) >= 11 is 5.67. The average Bonchev–Trinajstić information content (AvgIpc) is 2.25. The van der Waals surface area contributed by atoms with Crippen LogP contribution in [0, 0.1) is 10.1 Å². The maximum Gasteiger partial charge on any atom is 0.312 e. The first-order chi connectivity index (χ1) is 8.71. The zero-order valence-electron chi connectivity index (χ0n) is 11.1. The number of pyridine rings is 1. The topological polar surface area (TPSA) is 91.5 Å². The van der Waals surface area contributed by atoms with Crippen LogP contribution in [0.25, 0.3) is 0 Å². The van der Waals surface area contributed by atoms with Gasteiger partial charge in [-0.1, -0.05) is 11.6 Å². The van der Waals surface area contributed by atoms with Gasteiger partial charge in [-0.25, -0.2) is 4.98 Å². The summed E-state index contributed by atoms with van der Waals surface area (Å²) in [6.07, 6.45) is 1.32. The number of hydrogen-bond acceptors (Lipinski definition) is 6. The molecule has 0 aliphatic heterocycles. The lowest BCUT2D eigenvalue weighted by Crippen LogP contribution is -2.43. The molecule has 7 nitrogen and oxygen atoms in total. The minimum atomic E-state index is -1.03. The molecule has 1 rings (SSSR count). The fourth-order valence-electron chi connectivity index (χ4n) is 1.72. The summed E-state index contributed by atoms with van der Waals surface area (Å²) in [7, 11) is 3.66. The Bertz CT molecular complexity index is 465. The van der Waals surface area contributed by atoms with E-state index in [4.69, 9.17) is 11.6 Å². The lowest BCUT2D eigenvalue weighted by atomic mass is 10.1. The molecule has 8 heteroatoms. The number of likely N-dealkylation sites (N-methyl/N-ethyl adjacent to an activating group) is 1. The van der Waals surface area contributed by atoms with Crippen molar-refractivity contribution >= 4 is 23.1 Å². The van der Waals surface area contributed by atoms with Gasteiger partial charge in [0.2, 0.25) is 5.82 Å². The molecule has 106 valence electrons. The van der Waals surface area contributed by atoms with E-state index >= 15 is 0 Å². The second kappa shape index (κ2) is 6.14. The van der Waals surface area contributed by atoms with Crippen LogP contribution in [0.2, 0.25) is 5.02 Å². The minimum Gasteiger partial charge on any atom is -0.387 e. The third kappa shape index (κ3) is 4.98. The molecule has 1 aromatic rings. The van der Waals surface area contributed by atoms with Crippen LogP contribution in [0.5, 0.6) is 0 Å². The third-order valence-corrected chi connectivity index (χ3v) is 2.53. The van der Waals surface area contributed by atoms with Crippen molar-refractivity contribution in [3.8, 4) is 0 Å². The average molecular weight is 289 g/mol. The summed E-state index contributed by atoms with van der Waals surface area (Å²) in [6.45, 7) is 2.20. The molecule has 19 heavy (non-hydrogen) atoms. The van der Waals surface area contributed by atoms with E-state index in [0.29, 0.717) is 6.54 Å². The zero-order valence-corrected chi connectivity index (χ0v) is 11.8. The smallest absolute Gasteiger partial charge is 0.312 e. The van der Waals surface area contributed by atoms with Gasteiger partial charge in [0.1, 0.15) is 0 Å². The normalized spacial score (nSPS) is 14.2. The number of rotatable bonds is 6. The lowest BCUT2D eigenvalue weighted by molar-refractivity contribution is -0.384. The van der Waals surface area contributed by atoms with E-state index in [-0.39, 0.29) is 23.1 Å². The quantitative estimate of drug-likeness (QED) is 0.607. The molecule has 0 amide bonds. The van der Waals surface area contributed by atoms with Crippen LogP contribution >= 0.6 is 11.6 Å². The number of halogens is 1. The van der Waals surface area contributed by atoms with Gasteiger partial charge in [0.25, 0.3) is 0 Å². The van der Waals surface area contributed by atoms with Crippen molar-refractivity contribution in [2.75, 3.05) is 32.5 Å². The summed E-state index contributed by atoms with van der Waals surface area (Å²) < 4.78 is 0. The van der Waals surface area contributed by atoms with Crippen molar-refractivity contribution in [1.29, 1.82) is 0 Å². The van der Waals surface area contributed by atoms with Gasteiger partial charge >= 0.3 is 5.69 Å². The summed E-state index contributed by atoms with van der Waals surface area (Å²) in [6, 6.07) is 1.22. The first-order valence-corrected chi connectivity index (χ1v) is 6.00. The maximum atomic E-state index is 10.9. The van der Waals surface area contributed by atoms with Crippen molar-refractivity contribution < 1.29 is 10.0 Å². The molecule has 0 fully saturated rings. The van der Waals surface area contributed by atoms with E-state index in [1.54, 1.807) is 6.92 Å². The van der Waals surface area contributed by atoms with Crippen molar-refractivity contribution in [2.24, 2.45) is 0 Å². The van der Waals surface area contributed by atoms with Crippen LogP contribution in [0.15, 0.2) is 12.3 Å². The van der Waals surface area contributed by atoms with Crippen LogP contribution in [0.4, 0.5) is 11.5 Å². The SMILES string of the molecule is CN(C)CC(C)(O)CNc1ncc(Cl)cc1[N+](=O)[O-].